The summed E-state index contributed by atoms with van der Waals surface area (Å²) in [7, 11) is 1.79. The lowest BCUT2D eigenvalue weighted by atomic mass is 9.85. The maximum Gasteiger partial charge on any atom is 0.416 e. The summed E-state index contributed by atoms with van der Waals surface area (Å²) in [6.07, 6.45) is -6.46. The molecule has 2 aliphatic rings. The lowest BCUT2D eigenvalue weighted by Crippen LogP contribution is -2.52. The van der Waals surface area contributed by atoms with Gasteiger partial charge in [0.2, 0.25) is 0 Å². The first-order chi connectivity index (χ1) is 18.7. The first-order valence-electron chi connectivity index (χ1n) is 13.3. The number of carbonyl (C=O) groups is 1. The van der Waals surface area contributed by atoms with E-state index in [0.717, 1.165) is 18.4 Å². The number of halogens is 7. The monoisotopic (exact) mass is 575 g/mol. The van der Waals surface area contributed by atoms with E-state index < -0.39 is 46.9 Å². The van der Waals surface area contributed by atoms with Crippen LogP contribution >= 0.6 is 0 Å². The second-order valence-corrected chi connectivity index (χ2v) is 10.9. The van der Waals surface area contributed by atoms with E-state index >= 15 is 0 Å². The van der Waals surface area contributed by atoms with Crippen LogP contribution in [0.15, 0.2) is 42.5 Å². The Morgan fingerprint density at radius 1 is 0.975 bits per heavy atom. The highest BCUT2D eigenvalue weighted by Gasteiger charge is 2.47. The quantitative estimate of drug-likeness (QED) is 0.319. The fraction of sp³-hybridized carbons (Fsp3) is 0.552. The molecule has 0 unspecified atom stereocenters. The average molecular weight is 576 g/mol. The van der Waals surface area contributed by atoms with Crippen molar-refractivity contribution in [3.63, 3.8) is 0 Å². The largest absolute Gasteiger partial charge is 0.480 e. The first-order valence-corrected chi connectivity index (χ1v) is 13.3. The van der Waals surface area contributed by atoms with Gasteiger partial charge in [-0.15, -0.1) is 0 Å². The van der Waals surface area contributed by atoms with Gasteiger partial charge in [-0.2, -0.15) is 26.3 Å². The number of hydrogen-bond acceptors (Lipinski definition) is 3. The van der Waals surface area contributed by atoms with Crippen molar-refractivity contribution in [3.05, 3.63) is 70.5 Å². The van der Waals surface area contributed by atoms with Gasteiger partial charge in [-0.25, -0.2) is 4.39 Å². The highest BCUT2D eigenvalue weighted by molar-refractivity contribution is 5.79. The number of hydrogen-bond donors (Lipinski definition) is 1. The zero-order valence-electron chi connectivity index (χ0n) is 22.0. The third-order valence-electron chi connectivity index (χ3n) is 8.42. The molecule has 0 bridgehead atoms. The van der Waals surface area contributed by atoms with Crippen LogP contribution in [0.1, 0.15) is 66.7 Å². The summed E-state index contributed by atoms with van der Waals surface area (Å²) < 4.78 is 99.2. The third-order valence-corrected chi connectivity index (χ3v) is 8.42. The molecular weight excluding hydrogens is 543 g/mol. The number of rotatable bonds is 9. The predicted molar refractivity (Wildman–Crippen MR) is 133 cm³/mol. The molecule has 0 saturated heterocycles. The van der Waals surface area contributed by atoms with E-state index in [2.05, 4.69) is 0 Å². The van der Waals surface area contributed by atoms with Gasteiger partial charge in [0.05, 0.1) is 23.8 Å². The van der Waals surface area contributed by atoms with Crippen molar-refractivity contribution in [1.82, 2.24) is 4.90 Å². The fourth-order valence-electron chi connectivity index (χ4n) is 6.34. The summed E-state index contributed by atoms with van der Waals surface area (Å²) in [4.78, 5) is 14.1. The fourth-order valence-corrected chi connectivity index (χ4v) is 6.34. The number of carboxylic acids is 1. The Morgan fingerprint density at radius 3 is 2.08 bits per heavy atom. The standard InChI is InChI=1S/C29H32F7NO3/c1-37(27(26(38)39)11-2-3-12-27)17-20-6-9-24(25(20)19-4-7-23(30)8-5-19)40-13-10-18-14-21(28(31,32)33)16-22(15-18)29(34,35)36/h4-5,7-8,14-16,20,24-25H,2-3,6,9-13,17H2,1H3,(H,38,39)/t20-,24-,25-/m0/s1. The maximum atomic E-state index is 13.7. The summed E-state index contributed by atoms with van der Waals surface area (Å²) in [5.41, 5.74) is -3.04. The minimum absolute atomic E-state index is 0.0392. The van der Waals surface area contributed by atoms with Gasteiger partial charge in [0.1, 0.15) is 11.4 Å². The number of carboxylic acid groups (broad SMARTS) is 1. The number of aliphatic carboxylic acids is 1. The van der Waals surface area contributed by atoms with Gasteiger partial charge in [0, 0.05) is 12.5 Å². The molecule has 0 aliphatic heterocycles. The van der Waals surface area contributed by atoms with E-state index in [4.69, 9.17) is 4.74 Å². The van der Waals surface area contributed by atoms with Crippen molar-refractivity contribution in [2.24, 2.45) is 5.92 Å². The van der Waals surface area contributed by atoms with Gasteiger partial charge in [-0.3, -0.25) is 9.69 Å². The molecule has 0 amide bonds. The van der Waals surface area contributed by atoms with Gasteiger partial charge < -0.3 is 9.84 Å². The number of alkyl halides is 6. The Labute approximate surface area is 228 Å². The van der Waals surface area contributed by atoms with Crippen LogP contribution in [-0.4, -0.2) is 47.8 Å². The molecule has 0 spiro atoms. The Kier molecular flexibility index (Phi) is 8.85. The van der Waals surface area contributed by atoms with Crippen LogP contribution in [-0.2, 0) is 28.3 Å². The van der Waals surface area contributed by atoms with Gasteiger partial charge in [-0.1, -0.05) is 25.0 Å². The van der Waals surface area contributed by atoms with Gasteiger partial charge in [-0.05, 0) is 86.5 Å². The number of benzene rings is 2. The van der Waals surface area contributed by atoms with E-state index in [1.807, 2.05) is 4.90 Å². The molecule has 2 aromatic carbocycles. The van der Waals surface area contributed by atoms with Crippen molar-refractivity contribution in [2.45, 2.75) is 74.9 Å². The first kappa shape index (κ1) is 30.3. The van der Waals surface area contributed by atoms with E-state index in [9.17, 15) is 40.6 Å². The summed E-state index contributed by atoms with van der Waals surface area (Å²) in [6.45, 7) is 0.347. The highest BCUT2D eigenvalue weighted by Crippen LogP contribution is 2.44. The SMILES string of the molecule is CN(C[C@@H]1CC[C@H](OCCc2cc(C(F)(F)F)cc(C(F)(F)F)c2)[C@H]1c1ccc(F)cc1)C1(C(=O)O)CCCC1. The average Bonchev–Trinajstić information content (AvgIpc) is 3.52. The Bertz CT molecular complexity index is 1140. The van der Waals surface area contributed by atoms with Crippen LogP contribution in [0.4, 0.5) is 30.7 Å². The zero-order chi connectivity index (χ0) is 29.3. The second kappa shape index (κ2) is 11.7. The Balaban J connectivity index is 1.51. The smallest absolute Gasteiger partial charge is 0.416 e. The molecular formula is C29H32F7NO3. The van der Waals surface area contributed by atoms with Crippen molar-refractivity contribution in [2.75, 3.05) is 20.2 Å². The summed E-state index contributed by atoms with van der Waals surface area (Å²) in [5, 5.41) is 9.99. The molecule has 2 aromatic rings. The molecule has 3 atom stereocenters. The summed E-state index contributed by atoms with van der Waals surface area (Å²) in [5.74, 6) is -1.57. The van der Waals surface area contributed by atoms with Crippen LogP contribution in [0.3, 0.4) is 0 Å². The van der Waals surface area contributed by atoms with E-state index in [-0.39, 0.29) is 36.5 Å². The molecule has 11 heteroatoms. The molecule has 4 nitrogen and oxygen atoms in total. The van der Waals surface area contributed by atoms with E-state index in [1.165, 1.54) is 12.1 Å². The molecule has 2 fully saturated rings. The van der Waals surface area contributed by atoms with Gasteiger partial charge in [0.25, 0.3) is 0 Å². The molecule has 0 radical (unpaired) electrons. The minimum Gasteiger partial charge on any atom is -0.480 e. The highest BCUT2D eigenvalue weighted by atomic mass is 19.4. The molecule has 40 heavy (non-hydrogen) atoms. The predicted octanol–water partition coefficient (Wildman–Crippen LogP) is 7.31. The summed E-state index contributed by atoms with van der Waals surface area (Å²) in [6, 6.07) is 7.43. The lowest BCUT2D eigenvalue weighted by Gasteiger charge is -2.38. The van der Waals surface area contributed by atoms with Crippen molar-refractivity contribution < 1.29 is 45.4 Å². The molecule has 0 heterocycles. The molecule has 220 valence electrons. The van der Waals surface area contributed by atoms with Crippen LogP contribution in [0.5, 0.6) is 0 Å². The maximum absolute atomic E-state index is 13.7. The topological polar surface area (TPSA) is 49.8 Å². The third kappa shape index (κ3) is 6.62. The summed E-state index contributed by atoms with van der Waals surface area (Å²) >= 11 is 0. The van der Waals surface area contributed by atoms with Crippen LogP contribution in [0.2, 0.25) is 0 Å². The molecule has 1 N–H and O–H groups in total. The Hall–Kier alpha value is -2.66. The van der Waals surface area contributed by atoms with Crippen molar-refractivity contribution >= 4 is 5.97 Å². The minimum atomic E-state index is -4.93. The molecule has 2 saturated carbocycles. The van der Waals surface area contributed by atoms with Gasteiger partial charge >= 0.3 is 18.3 Å². The lowest BCUT2D eigenvalue weighted by molar-refractivity contribution is -0.151. The van der Waals surface area contributed by atoms with Crippen molar-refractivity contribution in [1.29, 1.82) is 0 Å². The van der Waals surface area contributed by atoms with E-state index in [1.54, 1.807) is 19.2 Å². The number of likely N-dealkylation sites (N-methyl/N-ethyl adjacent to an activating group) is 1. The van der Waals surface area contributed by atoms with Crippen LogP contribution in [0, 0.1) is 11.7 Å². The number of ether oxygens (including phenoxy) is 1. The number of nitrogens with zero attached hydrogens (tertiary/aromatic N) is 1. The van der Waals surface area contributed by atoms with E-state index in [0.29, 0.717) is 44.4 Å². The van der Waals surface area contributed by atoms with Gasteiger partial charge in [0.15, 0.2) is 0 Å². The molecule has 4 rings (SSSR count). The van der Waals surface area contributed by atoms with Crippen molar-refractivity contribution in [3.8, 4) is 0 Å². The molecule has 0 aromatic heterocycles. The van der Waals surface area contributed by atoms with Crippen LogP contribution in [0.25, 0.3) is 0 Å². The molecule has 2 aliphatic carbocycles. The van der Waals surface area contributed by atoms with Crippen LogP contribution < -0.4 is 0 Å². The normalized spacial score (nSPS) is 23.2. The second-order valence-electron chi connectivity index (χ2n) is 10.9. The zero-order valence-corrected chi connectivity index (χ0v) is 22.0. The Morgan fingerprint density at radius 2 is 1.55 bits per heavy atom.